The van der Waals surface area contributed by atoms with Gasteiger partial charge >= 0.3 is 0 Å². The molecule has 0 saturated heterocycles. The largest absolute Gasteiger partial charge is 0.355 e. The first-order valence-corrected chi connectivity index (χ1v) is 6.67. The lowest BCUT2D eigenvalue weighted by atomic mass is 10.0. The topological polar surface area (TPSA) is 42.0 Å². The van der Waals surface area contributed by atoms with E-state index in [4.69, 9.17) is 0 Å². The maximum atomic E-state index is 13.2. The summed E-state index contributed by atoms with van der Waals surface area (Å²) in [7, 11) is 0. The predicted octanol–water partition coefficient (Wildman–Crippen LogP) is 2.82. The van der Waals surface area contributed by atoms with Crippen molar-refractivity contribution < 1.29 is 13.6 Å². The van der Waals surface area contributed by atoms with Crippen LogP contribution in [0.2, 0.25) is 0 Å². The summed E-state index contributed by atoms with van der Waals surface area (Å²) in [5, 5.41) is 2.78. The number of hydrogen-bond acceptors (Lipinski definition) is 2. The maximum absolute atomic E-state index is 13.2. The first-order valence-electron chi connectivity index (χ1n) is 6.67. The highest BCUT2D eigenvalue weighted by molar-refractivity contribution is 5.78. The number of amides is 1. The van der Waals surface area contributed by atoms with Crippen LogP contribution in [-0.4, -0.2) is 17.4 Å². The van der Waals surface area contributed by atoms with Gasteiger partial charge in [-0.15, -0.1) is 0 Å². The lowest BCUT2D eigenvalue weighted by Crippen LogP contribution is -2.29. The number of benzene rings is 1. The third-order valence-corrected chi connectivity index (χ3v) is 3.21. The van der Waals surface area contributed by atoms with Crippen LogP contribution >= 0.6 is 0 Å². The SMILES string of the molecule is CC(CNC(=O)Cc1cccnc1)c1ccc(F)c(F)c1. The monoisotopic (exact) mass is 290 g/mol. The summed E-state index contributed by atoms with van der Waals surface area (Å²) in [5.74, 6) is -1.97. The van der Waals surface area contributed by atoms with Gasteiger partial charge in [-0.1, -0.05) is 19.1 Å². The van der Waals surface area contributed by atoms with Crippen molar-refractivity contribution in [2.75, 3.05) is 6.54 Å². The fraction of sp³-hybridized carbons (Fsp3) is 0.250. The zero-order valence-electron chi connectivity index (χ0n) is 11.6. The van der Waals surface area contributed by atoms with Crippen molar-refractivity contribution in [2.45, 2.75) is 19.3 Å². The zero-order chi connectivity index (χ0) is 15.2. The summed E-state index contributed by atoms with van der Waals surface area (Å²) in [4.78, 5) is 15.7. The van der Waals surface area contributed by atoms with E-state index in [9.17, 15) is 13.6 Å². The summed E-state index contributed by atoms with van der Waals surface area (Å²) in [6, 6.07) is 7.38. The number of carbonyl (C=O) groups excluding carboxylic acids is 1. The van der Waals surface area contributed by atoms with Crippen molar-refractivity contribution in [3.63, 3.8) is 0 Å². The summed E-state index contributed by atoms with van der Waals surface area (Å²) < 4.78 is 26.0. The van der Waals surface area contributed by atoms with Crippen molar-refractivity contribution in [3.8, 4) is 0 Å². The molecule has 0 radical (unpaired) electrons. The van der Waals surface area contributed by atoms with Gasteiger partial charge in [-0.3, -0.25) is 9.78 Å². The Morgan fingerprint density at radius 2 is 2.10 bits per heavy atom. The first-order chi connectivity index (χ1) is 10.1. The van der Waals surface area contributed by atoms with Crippen LogP contribution in [0, 0.1) is 11.6 Å². The molecule has 3 nitrogen and oxygen atoms in total. The van der Waals surface area contributed by atoms with Crippen LogP contribution < -0.4 is 5.32 Å². The molecular weight excluding hydrogens is 274 g/mol. The molecule has 0 spiro atoms. The number of hydrogen-bond donors (Lipinski definition) is 1. The van der Waals surface area contributed by atoms with E-state index < -0.39 is 11.6 Å². The van der Waals surface area contributed by atoms with Gasteiger partial charge in [0, 0.05) is 18.9 Å². The van der Waals surface area contributed by atoms with Crippen molar-refractivity contribution >= 4 is 5.91 Å². The number of carbonyl (C=O) groups is 1. The van der Waals surface area contributed by atoms with E-state index in [1.807, 2.05) is 13.0 Å². The van der Waals surface area contributed by atoms with Crippen LogP contribution in [-0.2, 0) is 11.2 Å². The Morgan fingerprint density at radius 1 is 1.29 bits per heavy atom. The normalized spacial score (nSPS) is 12.0. The van der Waals surface area contributed by atoms with E-state index in [1.54, 1.807) is 18.5 Å². The van der Waals surface area contributed by atoms with Gasteiger partial charge in [-0.2, -0.15) is 0 Å². The Labute approximate surface area is 122 Å². The standard InChI is InChI=1S/C16H16F2N2O/c1-11(13-4-5-14(17)15(18)8-13)9-20-16(21)7-12-3-2-6-19-10-12/h2-6,8,10-11H,7,9H2,1H3,(H,20,21). The molecule has 1 atom stereocenters. The molecule has 1 amide bonds. The van der Waals surface area contributed by atoms with Crippen LogP contribution in [0.1, 0.15) is 24.0 Å². The van der Waals surface area contributed by atoms with Crippen LogP contribution in [0.3, 0.4) is 0 Å². The van der Waals surface area contributed by atoms with Gasteiger partial charge in [-0.25, -0.2) is 8.78 Å². The van der Waals surface area contributed by atoms with Crippen LogP contribution in [0.15, 0.2) is 42.7 Å². The van der Waals surface area contributed by atoms with E-state index in [2.05, 4.69) is 10.3 Å². The Kier molecular flexibility index (Phi) is 4.98. The van der Waals surface area contributed by atoms with Gasteiger partial charge in [0.2, 0.25) is 5.91 Å². The first kappa shape index (κ1) is 15.1. The second kappa shape index (κ2) is 6.92. The molecule has 110 valence electrons. The van der Waals surface area contributed by atoms with Crippen LogP contribution in [0.4, 0.5) is 8.78 Å². The number of pyridine rings is 1. The van der Waals surface area contributed by atoms with Crippen LogP contribution in [0.25, 0.3) is 0 Å². The molecule has 5 heteroatoms. The molecule has 0 aliphatic heterocycles. The molecule has 0 aliphatic rings. The molecule has 1 heterocycles. The van der Waals surface area contributed by atoms with Crippen molar-refractivity contribution in [2.24, 2.45) is 0 Å². The van der Waals surface area contributed by atoms with Crippen LogP contribution in [0.5, 0.6) is 0 Å². The van der Waals surface area contributed by atoms with Crippen molar-refractivity contribution in [3.05, 3.63) is 65.5 Å². The molecular formula is C16H16F2N2O. The highest BCUT2D eigenvalue weighted by atomic mass is 19.2. The van der Waals surface area contributed by atoms with E-state index >= 15 is 0 Å². The predicted molar refractivity (Wildman–Crippen MR) is 75.7 cm³/mol. The fourth-order valence-electron chi connectivity index (χ4n) is 1.95. The van der Waals surface area contributed by atoms with Gasteiger partial charge in [0.25, 0.3) is 0 Å². The fourth-order valence-corrected chi connectivity index (χ4v) is 1.95. The highest BCUT2D eigenvalue weighted by Gasteiger charge is 2.11. The second-order valence-corrected chi connectivity index (χ2v) is 4.92. The van der Waals surface area contributed by atoms with Gasteiger partial charge in [-0.05, 0) is 35.2 Å². The number of rotatable bonds is 5. The van der Waals surface area contributed by atoms with Gasteiger partial charge in [0.1, 0.15) is 0 Å². The average Bonchev–Trinajstić information content (AvgIpc) is 2.48. The summed E-state index contributed by atoms with van der Waals surface area (Å²) >= 11 is 0. The molecule has 1 unspecified atom stereocenters. The zero-order valence-corrected chi connectivity index (χ0v) is 11.6. The number of halogens is 2. The Bertz CT molecular complexity index is 617. The van der Waals surface area contributed by atoms with E-state index in [1.165, 1.54) is 6.07 Å². The number of aromatic nitrogens is 1. The van der Waals surface area contributed by atoms with Crippen molar-refractivity contribution in [1.29, 1.82) is 0 Å². The molecule has 21 heavy (non-hydrogen) atoms. The molecule has 1 aromatic heterocycles. The minimum Gasteiger partial charge on any atom is -0.355 e. The van der Waals surface area contributed by atoms with E-state index in [-0.39, 0.29) is 18.2 Å². The summed E-state index contributed by atoms with van der Waals surface area (Å²) in [6.45, 7) is 2.21. The van der Waals surface area contributed by atoms with Gasteiger partial charge in [0.15, 0.2) is 11.6 Å². The molecule has 1 aromatic carbocycles. The quantitative estimate of drug-likeness (QED) is 0.920. The third-order valence-electron chi connectivity index (χ3n) is 3.21. The maximum Gasteiger partial charge on any atom is 0.224 e. The Morgan fingerprint density at radius 3 is 2.76 bits per heavy atom. The smallest absolute Gasteiger partial charge is 0.224 e. The molecule has 0 saturated carbocycles. The lowest BCUT2D eigenvalue weighted by Gasteiger charge is -2.13. The summed E-state index contributed by atoms with van der Waals surface area (Å²) in [5.41, 5.74) is 1.48. The Balaban J connectivity index is 1.87. The number of nitrogens with zero attached hydrogens (tertiary/aromatic N) is 1. The molecule has 2 rings (SSSR count). The molecule has 1 N–H and O–H groups in total. The third kappa shape index (κ3) is 4.34. The highest BCUT2D eigenvalue weighted by Crippen LogP contribution is 2.17. The lowest BCUT2D eigenvalue weighted by molar-refractivity contribution is -0.120. The Hall–Kier alpha value is -2.30. The average molecular weight is 290 g/mol. The van der Waals surface area contributed by atoms with E-state index in [0.717, 1.165) is 17.7 Å². The number of nitrogens with one attached hydrogen (secondary N) is 1. The second-order valence-electron chi connectivity index (χ2n) is 4.92. The minimum absolute atomic E-state index is 0.0991. The molecule has 0 aliphatic carbocycles. The van der Waals surface area contributed by atoms with Crippen molar-refractivity contribution in [1.82, 2.24) is 10.3 Å². The molecule has 0 bridgehead atoms. The van der Waals surface area contributed by atoms with E-state index in [0.29, 0.717) is 12.1 Å². The molecule has 2 aromatic rings. The molecule has 0 fully saturated rings. The minimum atomic E-state index is -0.874. The van der Waals surface area contributed by atoms with Gasteiger partial charge in [0.05, 0.1) is 6.42 Å². The summed E-state index contributed by atoms with van der Waals surface area (Å²) in [6.07, 6.45) is 3.53. The van der Waals surface area contributed by atoms with Gasteiger partial charge < -0.3 is 5.32 Å².